The highest BCUT2D eigenvalue weighted by Crippen LogP contribution is 2.23. The predicted molar refractivity (Wildman–Crippen MR) is 79.7 cm³/mol. The minimum Gasteiger partial charge on any atom is -0.299 e. The van der Waals surface area contributed by atoms with E-state index < -0.39 is 0 Å². The molecule has 0 bridgehead atoms. The molecule has 0 aliphatic heterocycles. The second-order valence-corrected chi connectivity index (χ2v) is 6.71. The predicted octanol–water partition coefficient (Wildman–Crippen LogP) is 3.44. The number of alkyl halides is 1. The summed E-state index contributed by atoms with van der Waals surface area (Å²) in [5.41, 5.74) is 2.43. The third kappa shape index (κ3) is 4.07. The van der Waals surface area contributed by atoms with Gasteiger partial charge in [-0.05, 0) is 36.3 Å². The van der Waals surface area contributed by atoms with E-state index in [0.717, 1.165) is 31.7 Å². The maximum absolute atomic E-state index is 4.61. The molecule has 98 valence electrons. The van der Waals surface area contributed by atoms with Crippen LogP contribution in [0, 0.1) is 0 Å². The van der Waals surface area contributed by atoms with Crippen LogP contribution in [0.15, 0.2) is 4.47 Å². The van der Waals surface area contributed by atoms with Gasteiger partial charge in [0.2, 0.25) is 0 Å². The Bertz CT molecular complexity index is 361. The van der Waals surface area contributed by atoms with Crippen molar-refractivity contribution in [3.8, 4) is 0 Å². The van der Waals surface area contributed by atoms with Gasteiger partial charge in [0, 0.05) is 24.5 Å². The number of halogens is 2. The average Bonchev–Trinajstić information content (AvgIpc) is 2.55. The van der Waals surface area contributed by atoms with Crippen LogP contribution in [0.25, 0.3) is 0 Å². The molecule has 0 aliphatic rings. The molecule has 1 unspecified atom stereocenters. The van der Waals surface area contributed by atoms with Gasteiger partial charge in [-0.15, -0.1) is 0 Å². The lowest BCUT2D eigenvalue weighted by Crippen LogP contribution is -2.25. The standard InChI is InChI=1S/C12H21Br2N3/c1-5-10-12(14)11(17(6-2)15-10)8-16(4)7-9(3)13/h9H,5-8H2,1-4H3. The Morgan fingerprint density at radius 2 is 2.06 bits per heavy atom. The zero-order valence-corrected chi connectivity index (χ0v) is 14.2. The fourth-order valence-corrected chi connectivity index (χ4v) is 3.10. The summed E-state index contributed by atoms with van der Waals surface area (Å²) in [6.07, 6.45) is 0.971. The Morgan fingerprint density at radius 3 is 2.53 bits per heavy atom. The zero-order chi connectivity index (χ0) is 13.0. The van der Waals surface area contributed by atoms with E-state index in [9.17, 15) is 0 Å². The van der Waals surface area contributed by atoms with Crippen molar-refractivity contribution in [2.45, 2.75) is 45.1 Å². The molecular weight excluding hydrogens is 346 g/mol. The largest absolute Gasteiger partial charge is 0.299 e. The summed E-state index contributed by atoms with van der Waals surface area (Å²) in [7, 11) is 2.14. The topological polar surface area (TPSA) is 21.1 Å². The summed E-state index contributed by atoms with van der Waals surface area (Å²) in [4.78, 5) is 2.82. The van der Waals surface area contributed by atoms with E-state index in [1.165, 1.54) is 10.2 Å². The van der Waals surface area contributed by atoms with Crippen LogP contribution in [0.2, 0.25) is 0 Å². The first-order valence-electron chi connectivity index (χ1n) is 6.06. The smallest absolute Gasteiger partial charge is 0.0767 e. The van der Waals surface area contributed by atoms with Gasteiger partial charge in [-0.25, -0.2) is 0 Å². The van der Waals surface area contributed by atoms with Crippen LogP contribution in [0.4, 0.5) is 0 Å². The van der Waals surface area contributed by atoms with Crippen molar-refractivity contribution in [3.63, 3.8) is 0 Å². The fraction of sp³-hybridized carbons (Fsp3) is 0.750. The van der Waals surface area contributed by atoms with Crippen LogP contribution in [-0.4, -0.2) is 33.1 Å². The molecule has 3 nitrogen and oxygen atoms in total. The normalized spacial score (nSPS) is 13.4. The molecule has 5 heteroatoms. The van der Waals surface area contributed by atoms with E-state index in [-0.39, 0.29) is 0 Å². The number of aromatic nitrogens is 2. The summed E-state index contributed by atoms with van der Waals surface area (Å²) < 4.78 is 3.27. The lowest BCUT2D eigenvalue weighted by Gasteiger charge is -2.18. The average molecular weight is 367 g/mol. The molecule has 17 heavy (non-hydrogen) atoms. The van der Waals surface area contributed by atoms with Crippen LogP contribution in [0.3, 0.4) is 0 Å². The molecule has 0 saturated heterocycles. The van der Waals surface area contributed by atoms with Gasteiger partial charge in [0.1, 0.15) is 0 Å². The minimum atomic E-state index is 0.509. The molecule has 0 spiro atoms. The summed E-state index contributed by atoms with van der Waals surface area (Å²) in [6.45, 7) is 9.32. The Balaban J connectivity index is 2.85. The summed E-state index contributed by atoms with van der Waals surface area (Å²) in [5.74, 6) is 0. The van der Waals surface area contributed by atoms with Gasteiger partial charge in [0.15, 0.2) is 0 Å². The van der Waals surface area contributed by atoms with Gasteiger partial charge >= 0.3 is 0 Å². The summed E-state index contributed by atoms with van der Waals surface area (Å²) in [6, 6.07) is 0. The first kappa shape index (κ1) is 15.2. The minimum absolute atomic E-state index is 0.509. The Morgan fingerprint density at radius 1 is 1.41 bits per heavy atom. The second kappa shape index (κ2) is 6.90. The zero-order valence-electron chi connectivity index (χ0n) is 11.0. The van der Waals surface area contributed by atoms with Crippen molar-refractivity contribution < 1.29 is 0 Å². The van der Waals surface area contributed by atoms with Crippen LogP contribution in [0.1, 0.15) is 32.2 Å². The number of aryl methyl sites for hydroxylation is 2. The first-order chi connectivity index (χ1) is 7.99. The van der Waals surface area contributed by atoms with Gasteiger partial charge < -0.3 is 0 Å². The molecular formula is C12H21Br2N3. The number of hydrogen-bond acceptors (Lipinski definition) is 2. The van der Waals surface area contributed by atoms with Crippen molar-refractivity contribution in [1.82, 2.24) is 14.7 Å². The van der Waals surface area contributed by atoms with Crippen LogP contribution >= 0.6 is 31.9 Å². The first-order valence-corrected chi connectivity index (χ1v) is 7.77. The molecule has 0 aliphatic carbocycles. The quantitative estimate of drug-likeness (QED) is 0.719. The Kier molecular flexibility index (Phi) is 6.17. The van der Waals surface area contributed by atoms with Crippen molar-refractivity contribution in [3.05, 3.63) is 15.9 Å². The van der Waals surface area contributed by atoms with Crippen molar-refractivity contribution in [2.75, 3.05) is 13.6 Å². The molecule has 0 saturated carbocycles. The maximum Gasteiger partial charge on any atom is 0.0767 e. The summed E-state index contributed by atoms with van der Waals surface area (Å²) in [5, 5.41) is 4.61. The molecule has 0 amide bonds. The van der Waals surface area contributed by atoms with E-state index >= 15 is 0 Å². The van der Waals surface area contributed by atoms with Crippen LogP contribution < -0.4 is 0 Å². The monoisotopic (exact) mass is 365 g/mol. The van der Waals surface area contributed by atoms with E-state index in [4.69, 9.17) is 0 Å². The van der Waals surface area contributed by atoms with E-state index in [0.29, 0.717) is 4.83 Å². The van der Waals surface area contributed by atoms with E-state index in [1.807, 2.05) is 0 Å². The molecule has 1 rings (SSSR count). The number of rotatable bonds is 6. The molecule has 1 atom stereocenters. The Labute approximate surface area is 121 Å². The number of nitrogens with zero attached hydrogens (tertiary/aromatic N) is 3. The molecule has 1 aromatic heterocycles. The third-order valence-electron chi connectivity index (χ3n) is 2.68. The lowest BCUT2D eigenvalue weighted by atomic mass is 10.3. The van der Waals surface area contributed by atoms with E-state index in [1.54, 1.807) is 0 Å². The molecule has 1 aromatic rings. The van der Waals surface area contributed by atoms with Crippen LogP contribution in [-0.2, 0) is 19.5 Å². The summed E-state index contributed by atoms with van der Waals surface area (Å²) >= 11 is 7.26. The fourth-order valence-electron chi connectivity index (χ4n) is 1.92. The SMILES string of the molecule is CCc1nn(CC)c(CN(C)CC(C)Br)c1Br. The highest BCUT2D eigenvalue weighted by atomic mass is 79.9. The molecule has 0 fully saturated rings. The van der Waals surface area contributed by atoms with Gasteiger partial charge in [0.25, 0.3) is 0 Å². The third-order valence-corrected chi connectivity index (χ3v) is 3.88. The number of hydrogen-bond donors (Lipinski definition) is 0. The van der Waals surface area contributed by atoms with Crippen molar-refractivity contribution >= 4 is 31.9 Å². The van der Waals surface area contributed by atoms with Crippen LogP contribution in [0.5, 0.6) is 0 Å². The lowest BCUT2D eigenvalue weighted by molar-refractivity contribution is 0.320. The van der Waals surface area contributed by atoms with Gasteiger partial charge in [0.05, 0.1) is 15.9 Å². The van der Waals surface area contributed by atoms with Crippen molar-refractivity contribution in [2.24, 2.45) is 0 Å². The van der Waals surface area contributed by atoms with Gasteiger partial charge in [-0.2, -0.15) is 5.10 Å². The van der Waals surface area contributed by atoms with E-state index in [2.05, 4.69) is 74.4 Å². The van der Waals surface area contributed by atoms with Crippen molar-refractivity contribution in [1.29, 1.82) is 0 Å². The second-order valence-electron chi connectivity index (χ2n) is 4.35. The molecule has 0 aromatic carbocycles. The molecule has 0 radical (unpaired) electrons. The molecule has 1 heterocycles. The highest BCUT2D eigenvalue weighted by molar-refractivity contribution is 9.10. The van der Waals surface area contributed by atoms with Gasteiger partial charge in [-0.3, -0.25) is 9.58 Å². The maximum atomic E-state index is 4.61. The Hall–Kier alpha value is 0.130. The van der Waals surface area contributed by atoms with Gasteiger partial charge in [-0.1, -0.05) is 29.8 Å². The highest BCUT2D eigenvalue weighted by Gasteiger charge is 2.15. The molecule has 0 N–H and O–H groups in total.